The van der Waals surface area contributed by atoms with Gasteiger partial charge in [0, 0.05) is 18.5 Å². The van der Waals surface area contributed by atoms with Crippen molar-refractivity contribution in [1.82, 2.24) is 20.1 Å². The smallest absolute Gasteiger partial charge is 0.137 e. The molecule has 1 N–H and O–H groups in total. The molecular formula is C11H20N4. The first kappa shape index (κ1) is 10.6. The lowest BCUT2D eigenvalue weighted by molar-refractivity contribution is 0.521. The molecule has 2 unspecified atom stereocenters. The van der Waals surface area contributed by atoms with E-state index in [1.807, 2.05) is 6.92 Å². The van der Waals surface area contributed by atoms with Crippen molar-refractivity contribution in [2.75, 3.05) is 6.54 Å². The van der Waals surface area contributed by atoms with Crippen molar-refractivity contribution < 1.29 is 0 Å². The highest BCUT2D eigenvalue weighted by Crippen LogP contribution is 2.26. The maximum Gasteiger partial charge on any atom is 0.137 e. The highest BCUT2D eigenvalue weighted by molar-refractivity contribution is 5.07. The van der Waals surface area contributed by atoms with Crippen molar-refractivity contribution in [3.05, 3.63) is 11.6 Å². The molecule has 0 aromatic carbocycles. The van der Waals surface area contributed by atoms with E-state index in [1.54, 1.807) is 0 Å². The van der Waals surface area contributed by atoms with E-state index in [2.05, 4.69) is 33.9 Å². The van der Waals surface area contributed by atoms with Crippen LogP contribution in [0, 0.1) is 6.92 Å². The molecule has 4 heteroatoms. The summed E-state index contributed by atoms with van der Waals surface area (Å²) in [5.41, 5.74) is 0. The molecule has 2 heterocycles. The highest BCUT2D eigenvalue weighted by Gasteiger charge is 2.29. The largest absolute Gasteiger partial charge is 0.315 e. The fourth-order valence-corrected chi connectivity index (χ4v) is 2.38. The first-order valence-electron chi connectivity index (χ1n) is 5.87. The van der Waals surface area contributed by atoms with Crippen LogP contribution < -0.4 is 5.32 Å². The molecule has 1 aliphatic rings. The van der Waals surface area contributed by atoms with E-state index in [1.165, 1.54) is 12.2 Å². The number of aromatic nitrogens is 3. The summed E-state index contributed by atoms with van der Waals surface area (Å²) in [6.45, 7) is 8.61. The molecule has 0 amide bonds. The Bertz CT molecular complexity index is 331. The number of hydrogen-bond acceptors (Lipinski definition) is 3. The van der Waals surface area contributed by atoms with Gasteiger partial charge in [-0.1, -0.05) is 6.92 Å². The molecule has 1 aliphatic heterocycles. The van der Waals surface area contributed by atoms with Crippen LogP contribution in [0.2, 0.25) is 0 Å². The summed E-state index contributed by atoms with van der Waals surface area (Å²) in [4.78, 5) is 0. The summed E-state index contributed by atoms with van der Waals surface area (Å²) in [6, 6.07) is 0.532. The third-order valence-corrected chi connectivity index (χ3v) is 3.27. The predicted molar refractivity (Wildman–Crippen MR) is 59.9 cm³/mol. The Kier molecular flexibility index (Phi) is 3.05. The van der Waals surface area contributed by atoms with Gasteiger partial charge in [0.25, 0.3) is 0 Å². The molecule has 4 nitrogen and oxygen atoms in total. The van der Waals surface area contributed by atoms with Gasteiger partial charge in [-0.3, -0.25) is 0 Å². The number of hydrogen-bond donors (Lipinski definition) is 1. The molecule has 2 rings (SSSR count). The minimum Gasteiger partial charge on any atom is -0.315 e. The Morgan fingerprint density at radius 2 is 2.27 bits per heavy atom. The Morgan fingerprint density at radius 3 is 2.87 bits per heavy atom. The SMILES string of the molecule is CCCn1c(C)nnc1C1CCNC1C. The third kappa shape index (κ3) is 1.91. The molecule has 1 saturated heterocycles. The van der Waals surface area contributed by atoms with Crippen molar-refractivity contribution in [2.24, 2.45) is 0 Å². The van der Waals surface area contributed by atoms with Crippen molar-refractivity contribution in [3.63, 3.8) is 0 Å². The van der Waals surface area contributed by atoms with Gasteiger partial charge < -0.3 is 9.88 Å². The van der Waals surface area contributed by atoms with Gasteiger partial charge in [0.15, 0.2) is 0 Å². The van der Waals surface area contributed by atoms with Crippen molar-refractivity contribution >= 4 is 0 Å². The molecule has 1 aromatic heterocycles. The average Bonchev–Trinajstić information content (AvgIpc) is 2.76. The van der Waals surface area contributed by atoms with Gasteiger partial charge in [0.1, 0.15) is 11.6 Å². The van der Waals surface area contributed by atoms with Gasteiger partial charge >= 0.3 is 0 Å². The van der Waals surface area contributed by atoms with Crippen LogP contribution >= 0.6 is 0 Å². The molecule has 1 fully saturated rings. The molecule has 0 aliphatic carbocycles. The van der Waals surface area contributed by atoms with Gasteiger partial charge in [-0.25, -0.2) is 0 Å². The lowest BCUT2D eigenvalue weighted by atomic mass is 10.0. The van der Waals surface area contributed by atoms with E-state index in [9.17, 15) is 0 Å². The molecule has 1 aromatic rings. The summed E-state index contributed by atoms with van der Waals surface area (Å²) in [5.74, 6) is 2.76. The topological polar surface area (TPSA) is 42.7 Å². The van der Waals surface area contributed by atoms with Gasteiger partial charge in [-0.2, -0.15) is 0 Å². The molecule has 15 heavy (non-hydrogen) atoms. The highest BCUT2D eigenvalue weighted by atomic mass is 15.3. The van der Waals surface area contributed by atoms with Crippen LogP contribution in [0.4, 0.5) is 0 Å². The first-order chi connectivity index (χ1) is 7.24. The van der Waals surface area contributed by atoms with Crippen LogP contribution in [0.25, 0.3) is 0 Å². The van der Waals surface area contributed by atoms with E-state index in [0.29, 0.717) is 12.0 Å². The number of rotatable bonds is 3. The maximum absolute atomic E-state index is 4.34. The summed E-state index contributed by atoms with van der Waals surface area (Å²) in [5, 5.41) is 12.0. The molecular weight excluding hydrogens is 188 g/mol. The summed E-state index contributed by atoms with van der Waals surface area (Å²) in [6.07, 6.45) is 2.32. The number of nitrogens with zero attached hydrogens (tertiary/aromatic N) is 3. The van der Waals surface area contributed by atoms with Gasteiger partial charge in [0.2, 0.25) is 0 Å². The van der Waals surface area contributed by atoms with Crippen LogP contribution in [-0.2, 0) is 6.54 Å². The zero-order chi connectivity index (χ0) is 10.8. The normalized spacial score (nSPS) is 26.1. The van der Waals surface area contributed by atoms with E-state index < -0.39 is 0 Å². The van der Waals surface area contributed by atoms with Gasteiger partial charge in [0.05, 0.1) is 0 Å². The van der Waals surface area contributed by atoms with E-state index in [4.69, 9.17) is 0 Å². The zero-order valence-corrected chi connectivity index (χ0v) is 9.82. The fraction of sp³-hybridized carbons (Fsp3) is 0.818. The molecule has 0 spiro atoms. The fourth-order valence-electron chi connectivity index (χ4n) is 2.38. The molecule has 84 valence electrons. The van der Waals surface area contributed by atoms with Crippen LogP contribution in [-0.4, -0.2) is 27.4 Å². The Morgan fingerprint density at radius 1 is 1.47 bits per heavy atom. The standard InChI is InChI=1S/C11H20N4/c1-4-7-15-9(3)13-14-11(15)10-5-6-12-8(10)2/h8,10,12H,4-7H2,1-3H3. The van der Waals surface area contributed by atoms with Gasteiger partial charge in [-0.15, -0.1) is 10.2 Å². The molecule has 0 radical (unpaired) electrons. The Labute approximate surface area is 91.1 Å². The summed E-state index contributed by atoms with van der Waals surface area (Å²) in [7, 11) is 0. The summed E-state index contributed by atoms with van der Waals surface area (Å²) < 4.78 is 2.27. The first-order valence-corrected chi connectivity index (χ1v) is 5.87. The van der Waals surface area contributed by atoms with Gasteiger partial charge in [-0.05, 0) is 33.2 Å². The monoisotopic (exact) mass is 208 g/mol. The van der Waals surface area contributed by atoms with Crippen molar-refractivity contribution in [2.45, 2.75) is 52.1 Å². The predicted octanol–water partition coefficient (Wildman–Crippen LogP) is 1.46. The van der Waals surface area contributed by atoms with E-state index in [-0.39, 0.29) is 0 Å². The second-order valence-electron chi connectivity index (χ2n) is 4.40. The van der Waals surface area contributed by atoms with Crippen molar-refractivity contribution in [1.29, 1.82) is 0 Å². The lowest BCUT2D eigenvalue weighted by Gasteiger charge is -2.16. The quantitative estimate of drug-likeness (QED) is 0.817. The minimum absolute atomic E-state index is 0.532. The second-order valence-corrected chi connectivity index (χ2v) is 4.40. The van der Waals surface area contributed by atoms with E-state index >= 15 is 0 Å². The average molecular weight is 208 g/mol. The van der Waals surface area contributed by atoms with Crippen LogP contribution in [0.1, 0.15) is 44.3 Å². The van der Waals surface area contributed by atoms with Crippen molar-refractivity contribution in [3.8, 4) is 0 Å². The molecule has 0 saturated carbocycles. The maximum atomic E-state index is 4.34. The Hall–Kier alpha value is -0.900. The summed E-state index contributed by atoms with van der Waals surface area (Å²) >= 11 is 0. The third-order valence-electron chi connectivity index (χ3n) is 3.27. The molecule has 0 bridgehead atoms. The lowest BCUT2D eigenvalue weighted by Crippen LogP contribution is -2.23. The van der Waals surface area contributed by atoms with Crippen LogP contribution in [0.3, 0.4) is 0 Å². The number of nitrogens with one attached hydrogen (secondary N) is 1. The number of aryl methyl sites for hydroxylation is 1. The minimum atomic E-state index is 0.532. The van der Waals surface area contributed by atoms with Crippen LogP contribution in [0.15, 0.2) is 0 Å². The van der Waals surface area contributed by atoms with Crippen LogP contribution in [0.5, 0.6) is 0 Å². The Balaban J connectivity index is 2.26. The van der Waals surface area contributed by atoms with E-state index in [0.717, 1.165) is 25.3 Å². The zero-order valence-electron chi connectivity index (χ0n) is 9.82. The molecule has 2 atom stereocenters. The second kappa shape index (κ2) is 4.31.